The largest absolute Gasteiger partial charge is 0.361 e. The minimum atomic E-state index is 0.347. The van der Waals surface area contributed by atoms with Crippen LogP contribution in [-0.4, -0.2) is 19.1 Å². The van der Waals surface area contributed by atoms with Crippen molar-refractivity contribution in [3.05, 3.63) is 64.7 Å². The molecular weight excluding hydrogens is 280 g/mol. The molecule has 0 aromatic heterocycles. The number of aryl methyl sites for hydroxylation is 1. The average Bonchev–Trinajstić information content (AvgIpc) is 2.50. The highest BCUT2D eigenvalue weighted by atomic mass is 35.5. The van der Waals surface area contributed by atoms with E-state index in [0.29, 0.717) is 12.1 Å². The van der Waals surface area contributed by atoms with E-state index in [1.165, 1.54) is 16.8 Å². The van der Waals surface area contributed by atoms with E-state index >= 15 is 0 Å². The van der Waals surface area contributed by atoms with E-state index in [9.17, 15) is 0 Å². The normalized spacial score (nSPS) is 22.3. The molecular formula is C18H21ClN2. The maximum absolute atomic E-state index is 6.22. The van der Waals surface area contributed by atoms with E-state index in [-0.39, 0.29) is 0 Å². The van der Waals surface area contributed by atoms with Crippen LogP contribution < -0.4 is 10.2 Å². The van der Waals surface area contributed by atoms with Crippen molar-refractivity contribution in [2.75, 3.05) is 18.0 Å². The quantitative estimate of drug-likeness (QED) is 0.895. The third kappa shape index (κ3) is 3.07. The first-order valence-corrected chi connectivity index (χ1v) is 7.84. The molecule has 0 spiro atoms. The smallest absolute Gasteiger partial charge is 0.0667 e. The minimum Gasteiger partial charge on any atom is -0.361 e. The summed E-state index contributed by atoms with van der Waals surface area (Å²) < 4.78 is 0. The topological polar surface area (TPSA) is 15.3 Å². The zero-order valence-electron chi connectivity index (χ0n) is 12.5. The number of piperazine rings is 1. The predicted molar refractivity (Wildman–Crippen MR) is 90.2 cm³/mol. The van der Waals surface area contributed by atoms with Crippen molar-refractivity contribution in [1.29, 1.82) is 0 Å². The molecule has 0 radical (unpaired) electrons. The van der Waals surface area contributed by atoms with Gasteiger partial charge in [-0.25, -0.2) is 0 Å². The van der Waals surface area contributed by atoms with Crippen LogP contribution in [0.2, 0.25) is 5.02 Å². The van der Waals surface area contributed by atoms with Gasteiger partial charge in [-0.3, -0.25) is 0 Å². The van der Waals surface area contributed by atoms with Crippen molar-refractivity contribution >= 4 is 17.3 Å². The van der Waals surface area contributed by atoms with Crippen LogP contribution in [-0.2, 0) is 0 Å². The summed E-state index contributed by atoms with van der Waals surface area (Å²) in [7, 11) is 0. The van der Waals surface area contributed by atoms with Gasteiger partial charge < -0.3 is 10.2 Å². The lowest BCUT2D eigenvalue weighted by molar-refractivity contribution is 0.416. The summed E-state index contributed by atoms with van der Waals surface area (Å²) in [5.74, 6) is 0. The maximum atomic E-state index is 6.22. The summed E-state index contributed by atoms with van der Waals surface area (Å²) in [5, 5.41) is 4.39. The summed E-state index contributed by atoms with van der Waals surface area (Å²) in [6, 6.07) is 17.7. The molecule has 1 fully saturated rings. The molecule has 2 unspecified atom stereocenters. The van der Waals surface area contributed by atoms with Crippen LogP contribution >= 0.6 is 11.6 Å². The van der Waals surface area contributed by atoms with Gasteiger partial charge in [0.25, 0.3) is 0 Å². The Bertz CT molecular complexity index is 612. The van der Waals surface area contributed by atoms with Crippen molar-refractivity contribution in [3.8, 4) is 0 Å². The van der Waals surface area contributed by atoms with Gasteiger partial charge in [-0.1, -0.05) is 48.0 Å². The molecule has 110 valence electrons. The summed E-state index contributed by atoms with van der Waals surface area (Å²) in [6.45, 7) is 6.33. The number of nitrogens with one attached hydrogen (secondary N) is 1. The Morgan fingerprint density at radius 1 is 1.14 bits per heavy atom. The van der Waals surface area contributed by atoms with Gasteiger partial charge >= 0.3 is 0 Å². The molecule has 2 aromatic rings. The minimum absolute atomic E-state index is 0.347. The van der Waals surface area contributed by atoms with Gasteiger partial charge in [0.15, 0.2) is 0 Å². The predicted octanol–water partition coefficient (Wildman–Crippen LogP) is 4.19. The fraction of sp³-hybridized carbons (Fsp3) is 0.333. The second-order valence-electron chi connectivity index (χ2n) is 5.82. The van der Waals surface area contributed by atoms with Gasteiger partial charge in [0.1, 0.15) is 0 Å². The van der Waals surface area contributed by atoms with E-state index < -0.39 is 0 Å². The highest BCUT2D eigenvalue weighted by molar-refractivity contribution is 6.30. The molecule has 0 saturated carbocycles. The van der Waals surface area contributed by atoms with Gasteiger partial charge in [-0.2, -0.15) is 0 Å². The molecule has 0 bridgehead atoms. The molecule has 2 aromatic carbocycles. The summed E-state index contributed by atoms with van der Waals surface area (Å²) >= 11 is 6.22. The molecule has 3 heteroatoms. The monoisotopic (exact) mass is 300 g/mol. The molecule has 1 N–H and O–H groups in total. The van der Waals surface area contributed by atoms with Crippen molar-refractivity contribution in [2.24, 2.45) is 0 Å². The number of hydrogen-bond donors (Lipinski definition) is 1. The van der Waals surface area contributed by atoms with Crippen LogP contribution in [0.15, 0.2) is 48.5 Å². The van der Waals surface area contributed by atoms with Crippen molar-refractivity contribution in [2.45, 2.75) is 25.9 Å². The molecule has 2 atom stereocenters. The Morgan fingerprint density at radius 3 is 2.67 bits per heavy atom. The standard InChI is InChI=1S/C18H21ClN2/c1-13-8-9-16(19)10-17(13)21-12-14(2)20-11-18(21)15-6-4-3-5-7-15/h3-10,14,18,20H,11-12H2,1-2H3. The average molecular weight is 301 g/mol. The van der Waals surface area contributed by atoms with Crippen LogP contribution in [0.5, 0.6) is 0 Å². The first-order chi connectivity index (χ1) is 10.1. The summed E-state index contributed by atoms with van der Waals surface area (Å²) in [4.78, 5) is 2.48. The van der Waals surface area contributed by atoms with Crippen LogP contribution in [0.25, 0.3) is 0 Å². The van der Waals surface area contributed by atoms with Crippen LogP contribution in [0, 0.1) is 6.92 Å². The molecule has 1 aliphatic rings. The second kappa shape index (κ2) is 6.08. The highest BCUT2D eigenvalue weighted by Crippen LogP contribution is 2.33. The first-order valence-electron chi connectivity index (χ1n) is 7.46. The van der Waals surface area contributed by atoms with E-state index in [4.69, 9.17) is 11.6 Å². The Labute approximate surface area is 131 Å². The molecule has 21 heavy (non-hydrogen) atoms. The number of rotatable bonds is 2. The lowest BCUT2D eigenvalue weighted by Gasteiger charge is -2.42. The molecule has 1 heterocycles. The zero-order valence-corrected chi connectivity index (χ0v) is 13.3. The van der Waals surface area contributed by atoms with Crippen LogP contribution in [0.1, 0.15) is 24.1 Å². The number of benzene rings is 2. The lowest BCUT2D eigenvalue weighted by atomic mass is 9.99. The van der Waals surface area contributed by atoms with Crippen molar-refractivity contribution in [3.63, 3.8) is 0 Å². The molecule has 1 saturated heterocycles. The van der Waals surface area contributed by atoms with E-state index in [2.05, 4.69) is 66.5 Å². The third-order valence-corrected chi connectivity index (χ3v) is 4.41. The zero-order chi connectivity index (χ0) is 14.8. The number of nitrogens with zero attached hydrogens (tertiary/aromatic N) is 1. The fourth-order valence-electron chi connectivity index (χ4n) is 3.04. The van der Waals surface area contributed by atoms with Crippen LogP contribution in [0.3, 0.4) is 0 Å². The molecule has 0 aliphatic carbocycles. The van der Waals surface area contributed by atoms with Gasteiger partial charge in [0.05, 0.1) is 6.04 Å². The number of halogens is 1. The first kappa shape index (κ1) is 14.4. The molecule has 0 amide bonds. The Kier molecular flexibility index (Phi) is 4.18. The third-order valence-electron chi connectivity index (χ3n) is 4.17. The van der Waals surface area contributed by atoms with E-state index in [1.54, 1.807) is 0 Å². The SMILES string of the molecule is Cc1ccc(Cl)cc1N1CC(C)NCC1c1ccccc1. The van der Waals surface area contributed by atoms with E-state index in [1.807, 2.05) is 6.07 Å². The summed E-state index contributed by atoms with van der Waals surface area (Å²) in [5.41, 5.74) is 3.86. The maximum Gasteiger partial charge on any atom is 0.0667 e. The van der Waals surface area contributed by atoms with Crippen molar-refractivity contribution in [1.82, 2.24) is 5.32 Å². The van der Waals surface area contributed by atoms with E-state index in [0.717, 1.165) is 18.1 Å². The number of anilines is 1. The molecule has 2 nitrogen and oxygen atoms in total. The van der Waals surface area contributed by atoms with Crippen LogP contribution in [0.4, 0.5) is 5.69 Å². The fourth-order valence-corrected chi connectivity index (χ4v) is 3.21. The number of hydrogen-bond acceptors (Lipinski definition) is 2. The summed E-state index contributed by atoms with van der Waals surface area (Å²) in [6.07, 6.45) is 0. The second-order valence-corrected chi connectivity index (χ2v) is 6.26. The van der Waals surface area contributed by atoms with Gasteiger partial charge in [0, 0.05) is 29.8 Å². The van der Waals surface area contributed by atoms with Gasteiger partial charge in [0.2, 0.25) is 0 Å². The molecule has 3 rings (SSSR count). The Hall–Kier alpha value is -1.51. The Balaban J connectivity index is 2.00. The molecule has 1 aliphatic heterocycles. The highest BCUT2D eigenvalue weighted by Gasteiger charge is 2.28. The van der Waals surface area contributed by atoms with Crippen molar-refractivity contribution < 1.29 is 0 Å². The van der Waals surface area contributed by atoms with Gasteiger partial charge in [-0.15, -0.1) is 0 Å². The van der Waals surface area contributed by atoms with Gasteiger partial charge in [-0.05, 0) is 37.1 Å². The lowest BCUT2D eigenvalue weighted by Crippen LogP contribution is -2.51. The Morgan fingerprint density at radius 2 is 1.90 bits per heavy atom.